The summed E-state index contributed by atoms with van der Waals surface area (Å²) in [7, 11) is 2.13. The maximum atomic E-state index is 11.9. The van der Waals surface area contributed by atoms with Crippen LogP contribution < -0.4 is 11.1 Å². The first kappa shape index (κ1) is 21.2. The van der Waals surface area contributed by atoms with Gasteiger partial charge in [-0.05, 0) is 45.0 Å². The number of aromatic nitrogens is 2. The lowest BCUT2D eigenvalue weighted by atomic mass is 10.1. The van der Waals surface area contributed by atoms with E-state index < -0.39 is 5.91 Å². The van der Waals surface area contributed by atoms with E-state index in [-0.39, 0.29) is 0 Å². The predicted molar refractivity (Wildman–Crippen MR) is 129 cm³/mol. The Hall–Kier alpha value is -3.71. The van der Waals surface area contributed by atoms with Crippen molar-refractivity contribution in [2.24, 2.45) is 5.73 Å². The van der Waals surface area contributed by atoms with Gasteiger partial charge in [-0.1, -0.05) is 42.5 Å². The second kappa shape index (κ2) is 8.67. The van der Waals surface area contributed by atoms with Crippen LogP contribution in [0.4, 0.5) is 5.82 Å². The van der Waals surface area contributed by atoms with Crippen LogP contribution >= 0.6 is 0 Å². The number of nitrogens with zero attached hydrogens (tertiary/aromatic N) is 3. The van der Waals surface area contributed by atoms with Gasteiger partial charge in [-0.25, -0.2) is 9.97 Å². The summed E-state index contributed by atoms with van der Waals surface area (Å²) in [4.78, 5) is 24.2. The summed E-state index contributed by atoms with van der Waals surface area (Å²) in [5.74, 6) is 1.59. The van der Waals surface area contributed by atoms with Crippen LogP contribution in [-0.4, -0.2) is 34.4 Å². The zero-order valence-corrected chi connectivity index (χ0v) is 18.9. The predicted octanol–water partition coefficient (Wildman–Crippen LogP) is 4.29. The number of aryl methyl sites for hydroxylation is 2. The Morgan fingerprint density at radius 2 is 1.97 bits per heavy atom. The molecule has 5 rings (SSSR count). The molecule has 0 spiro atoms. The van der Waals surface area contributed by atoms with Crippen LogP contribution in [0.25, 0.3) is 22.4 Å². The van der Waals surface area contributed by atoms with Crippen molar-refractivity contribution in [3.8, 4) is 11.4 Å². The molecule has 33 heavy (non-hydrogen) atoms. The minimum Gasteiger partial charge on any atom is -0.460 e. The van der Waals surface area contributed by atoms with Gasteiger partial charge in [-0.15, -0.1) is 0 Å². The largest absolute Gasteiger partial charge is 0.460 e. The normalized spacial score (nSPS) is 14.1. The molecular formula is C26H27N5O2. The molecule has 0 fully saturated rings. The van der Waals surface area contributed by atoms with Gasteiger partial charge in [0.05, 0.1) is 16.8 Å². The number of hydrogen-bond donors (Lipinski definition) is 2. The molecule has 1 amide bonds. The van der Waals surface area contributed by atoms with E-state index >= 15 is 0 Å². The summed E-state index contributed by atoms with van der Waals surface area (Å²) in [5.41, 5.74) is 10.6. The van der Waals surface area contributed by atoms with Crippen LogP contribution in [0.2, 0.25) is 0 Å². The highest BCUT2D eigenvalue weighted by molar-refractivity contribution is 6.07. The van der Waals surface area contributed by atoms with Crippen LogP contribution in [0.5, 0.6) is 0 Å². The summed E-state index contributed by atoms with van der Waals surface area (Å²) in [5, 5.41) is 4.35. The molecule has 2 aromatic heterocycles. The fourth-order valence-corrected chi connectivity index (χ4v) is 4.52. The second-order valence-electron chi connectivity index (χ2n) is 8.58. The molecule has 4 aromatic rings. The molecule has 1 aliphatic rings. The topological polar surface area (TPSA) is 97.3 Å². The molecule has 7 nitrogen and oxygen atoms in total. The number of nitrogens with two attached hydrogens (primary N) is 1. The number of benzene rings is 2. The van der Waals surface area contributed by atoms with E-state index in [0.29, 0.717) is 29.3 Å². The van der Waals surface area contributed by atoms with Crippen molar-refractivity contribution >= 4 is 22.7 Å². The van der Waals surface area contributed by atoms with E-state index in [9.17, 15) is 4.79 Å². The maximum absolute atomic E-state index is 11.9. The highest BCUT2D eigenvalue weighted by Gasteiger charge is 2.24. The van der Waals surface area contributed by atoms with Gasteiger partial charge in [-0.3, -0.25) is 4.79 Å². The SMILES string of the molecule is Cc1oc2c(C(N)=O)cccc2c1-c1nc2c(c(NCc3ccccc3)n1)CN(C)CCC2. The molecule has 0 saturated heterocycles. The number of fused-ring (bicyclic) bond motifs is 2. The molecule has 0 radical (unpaired) electrons. The Morgan fingerprint density at radius 3 is 2.76 bits per heavy atom. The average molecular weight is 442 g/mol. The monoisotopic (exact) mass is 441 g/mol. The standard InChI is InChI=1S/C26H27N5O2/c1-16-22(18-10-6-11-19(24(27)32)23(18)33-16)26-29-21-12-7-13-31(2)15-20(21)25(30-26)28-14-17-8-4-3-5-9-17/h3-6,8-11H,7,12-15H2,1-2H3,(H2,27,32)(H,28,29,30). The highest BCUT2D eigenvalue weighted by atomic mass is 16.3. The Kier molecular flexibility index (Phi) is 5.56. The molecule has 1 aliphatic heterocycles. The average Bonchev–Trinajstić information content (AvgIpc) is 3.02. The fraction of sp³-hybridized carbons (Fsp3) is 0.269. The van der Waals surface area contributed by atoms with Gasteiger partial charge in [0.2, 0.25) is 0 Å². The Morgan fingerprint density at radius 1 is 1.15 bits per heavy atom. The Balaban J connectivity index is 1.64. The molecule has 3 N–H and O–H groups in total. The molecule has 3 heterocycles. The van der Waals surface area contributed by atoms with Crippen molar-refractivity contribution < 1.29 is 9.21 Å². The quantitative estimate of drug-likeness (QED) is 0.480. The first-order chi connectivity index (χ1) is 16.0. The van der Waals surface area contributed by atoms with Crippen LogP contribution in [0.3, 0.4) is 0 Å². The summed E-state index contributed by atoms with van der Waals surface area (Å²) >= 11 is 0. The number of nitrogens with one attached hydrogen (secondary N) is 1. The molecule has 0 aliphatic carbocycles. The molecule has 0 unspecified atom stereocenters. The zero-order valence-electron chi connectivity index (χ0n) is 18.9. The van der Waals surface area contributed by atoms with Crippen molar-refractivity contribution in [2.75, 3.05) is 18.9 Å². The van der Waals surface area contributed by atoms with Crippen LogP contribution in [-0.2, 0) is 19.5 Å². The van der Waals surface area contributed by atoms with Crippen LogP contribution in [0.1, 0.15) is 39.4 Å². The lowest BCUT2D eigenvalue weighted by molar-refractivity contribution is 0.100. The van der Waals surface area contributed by atoms with E-state index in [2.05, 4.69) is 29.4 Å². The van der Waals surface area contributed by atoms with Crippen molar-refractivity contribution in [3.63, 3.8) is 0 Å². The van der Waals surface area contributed by atoms with Crippen molar-refractivity contribution in [1.29, 1.82) is 0 Å². The summed E-state index contributed by atoms with van der Waals surface area (Å²) < 4.78 is 5.99. The highest BCUT2D eigenvalue weighted by Crippen LogP contribution is 2.36. The summed E-state index contributed by atoms with van der Waals surface area (Å²) in [6.45, 7) is 4.35. The maximum Gasteiger partial charge on any atom is 0.252 e. The molecule has 0 saturated carbocycles. The minimum atomic E-state index is -0.517. The molecule has 7 heteroatoms. The number of amides is 1. The van der Waals surface area contributed by atoms with Gasteiger partial charge in [0, 0.05) is 24.0 Å². The molecule has 0 bridgehead atoms. The molecule has 2 aromatic carbocycles. The summed E-state index contributed by atoms with van der Waals surface area (Å²) in [6.07, 6.45) is 1.92. The van der Waals surface area contributed by atoms with Gasteiger partial charge in [0.25, 0.3) is 5.91 Å². The number of rotatable bonds is 5. The number of carbonyl (C=O) groups is 1. The second-order valence-corrected chi connectivity index (χ2v) is 8.58. The lowest BCUT2D eigenvalue weighted by Gasteiger charge is -2.18. The molecular weight excluding hydrogens is 414 g/mol. The van der Waals surface area contributed by atoms with Gasteiger partial charge in [0.1, 0.15) is 17.2 Å². The third-order valence-electron chi connectivity index (χ3n) is 6.16. The smallest absolute Gasteiger partial charge is 0.252 e. The molecule has 168 valence electrons. The Labute approximate surface area is 192 Å². The third-order valence-corrected chi connectivity index (χ3v) is 6.16. The summed E-state index contributed by atoms with van der Waals surface area (Å²) in [6, 6.07) is 15.7. The minimum absolute atomic E-state index is 0.362. The lowest BCUT2D eigenvalue weighted by Crippen LogP contribution is -2.19. The first-order valence-corrected chi connectivity index (χ1v) is 11.2. The number of hydrogen-bond acceptors (Lipinski definition) is 6. The Bertz CT molecular complexity index is 1330. The number of carbonyl (C=O) groups excluding carboxylic acids is 1. The number of furan rings is 1. The van der Waals surface area contributed by atoms with E-state index in [1.54, 1.807) is 6.07 Å². The van der Waals surface area contributed by atoms with Gasteiger partial charge in [0.15, 0.2) is 5.82 Å². The van der Waals surface area contributed by atoms with Crippen molar-refractivity contribution in [1.82, 2.24) is 14.9 Å². The zero-order chi connectivity index (χ0) is 22.9. The van der Waals surface area contributed by atoms with E-state index in [4.69, 9.17) is 20.1 Å². The number of primary amides is 1. The van der Waals surface area contributed by atoms with E-state index in [0.717, 1.165) is 54.0 Å². The van der Waals surface area contributed by atoms with Gasteiger partial charge in [-0.2, -0.15) is 0 Å². The fourth-order valence-electron chi connectivity index (χ4n) is 4.52. The van der Waals surface area contributed by atoms with Crippen molar-refractivity contribution in [2.45, 2.75) is 32.9 Å². The number of para-hydroxylation sites is 1. The van der Waals surface area contributed by atoms with Gasteiger partial charge < -0.3 is 20.4 Å². The number of anilines is 1. The third kappa shape index (κ3) is 4.07. The first-order valence-electron chi connectivity index (χ1n) is 11.2. The van der Waals surface area contributed by atoms with Gasteiger partial charge >= 0.3 is 0 Å². The van der Waals surface area contributed by atoms with Crippen molar-refractivity contribution in [3.05, 3.63) is 76.7 Å². The molecule has 0 atom stereocenters. The van der Waals surface area contributed by atoms with Crippen LogP contribution in [0, 0.1) is 6.92 Å². The van der Waals surface area contributed by atoms with E-state index in [1.165, 1.54) is 5.56 Å². The van der Waals surface area contributed by atoms with E-state index in [1.807, 2.05) is 37.3 Å². The van der Waals surface area contributed by atoms with Crippen LogP contribution in [0.15, 0.2) is 52.9 Å².